The molecular formula is C18H18F3N5O4. The average Bonchev–Trinajstić information content (AvgIpc) is 3.23. The van der Waals surface area contributed by atoms with E-state index in [-0.39, 0.29) is 12.3 Å². The fourth-order valence-corrected chi connectivity index (χ4v) is 2.22. The molecule has 0 fully saturated rings. The lowest BCUT2D eigenvalue weighted by atomic mass is 10.1. The smallest absolute Gasteiger partial charge is 0.471 e. The third-order valence-corrected chi connectivity index (χ3v) is 3.53. The number of nitrogens with zero attached hydrogens (tertiary/aromatic N) is 4. The van der Waals surface area contributed by atoms with Crippen LogP contribution in [0.1, 0.15) is 12.3 Å². The summed E-state index contributed by atoms with van der Waals surface area (Å²) in [4.78, 5) is 20.2. The molecule has 0 saturated carbocycles. The number of nitrogens with one attached hydrogen (secondary N) is 1. The monoisotopic (exact) mass is 425 g/mol. The average molecular weight is 425 g/mol. The van der Waals surface area contributed by atoms with E-state index in [2.05, 4.69) is 29.9 Å². The molecule has 0 aliphatic rings. The zero-order valence-corrected chi connectivity index (χ0v) is 15.8. The summed E-state index contributed by atoms with van der Waals surface area (Å²) in [5.41, 5.74) is 1.35. The van der Waals surface area contributed by atoms with Gasteiger partial charge in [-0.1, -0.05) is 5.16 Å². The third-order valence-electron chi connectivity index (χ3n) is 3.53. The van der Waals surface area contributed by atoms with Crippen molar-refractivity contribution in [2.75, 3.05) is 20.2 Å². The molecule has 160 valence electrons. The van der Waals surface area contributed by atoms with Gasteiger partial charge in [-0.15, -0.1) is 0 Å². The molecule has 12 heteroatoms. The maximum Gasteiger partial charge on any atom is 0.471 e. The second kappa shape index (κ2) is 10.9. The van der Waals surface area contributed by atoms with Gasteiger partial charge in [-0.25, -0.2) is 0 Å². The molecule has 0 spiro atoms. The van der Waals surface area contributed by atoms with Crippen molar-refractivity contribution in [3.05, 3.63) is 42.5 Å². The molecule has 3 heterocycles. The number of rotatable bonds is 7. The molecule has 0 aliphatic carbocycles. The van der Waals surface area contributed by atoms with E-state index in [0.717, 1.165) is 13.0 Å². The summed E-state index contributed by atoms with van der Waals surface area (Å²) in [6.45, 7) is 1.17. The summed E-state index contributed by atoms with van der Waals surface area (Å²) in [6.07, 6.45) is -0.810. The Labute approximate surface area is 168 Å². The van der Waals surface area contributed by atoms with Crippen molar-refractivity contribution in [3.63, 3.8) is 0 Å². The van der Waals surface area contributed by atoms with E-state index in [1.54, 1.807) is 24.4 Å². The summed E-state index contributed by atoms with van der Waals surface area (Å²) in [6, 6.07) is 6.51. The van der Waals surface area contributed by atoms with E-state index in [4.69, 9.17) is 14.6 Å². The van der Waals surface area contributed by atoms with Crippen LogP contribution in [0.2, 0.25) is 0 Å². The van der Waals surface area contributed by atoms with Gasteiger partial charge >= 0.3 is 12.1 Å². The van der Waals surface area contributed by atoms with Gasteiger partial charge in [0.25, 0.3) is 6.47 Å². The Hall–Kier alpha value is -3.54. The summed E-state index contributed by atoms with van der Waals surface area (Å²) in [5, 5.41) is 13.3. The van der Waals surface area contributed by atoms with Gasteiger partial charge in [0, 0.05) is 11.8 Å². The number of halogens is 3. The second-order valence-electron chi connectivity index (χ2n) is 5.64. The van der Waals surface area contributed by atoms with Gasteiger partial charge in [-0.3, -0.25) is 14.8 Å². The Kier molecular flexibility index (Phi) is 8.23. The summed E-state index contributed by atoms with van der Waals surface area (Å²) in [5.74, 6) is -0.941. The van der Waals surface area contributed by atoms with Gasteiger partial charge in [0.05, 0.1) is 24.2 Å². The summed E-state index contributed by atoms with van der Waals surface area (Å²) >= 11 is 0. The van der Waals surface area contributed by atoms with Crippen molar-refractivity contribution in [2.24, 2.45) is 0 Å². The number of ether oxygens (including phenoxy) is 1. The van der Waals surface area contributed by atoms with Crippen molar-refractivity contribution in [2.45, 2.75) is 12.6 Å². The fraction of sp³-hybridized carbons (Fsp3) is 0.278. The minimum Gasteiger partial charge on any atom is -0.492 e. The van der Waals surface area contributed by atoms with Gasteiger partial charge < -0.3 is 19.7 Å². The van der Waals surface area contributed by atoms with E-state index in [1.807, 2.05) is 7.05 Å². The molecule has 3 aromatic heterocycles. The van der Waals surface area contributed by atoms with Crippen LogP contribution in [0.25, 0.3) is 22.8 Å². The number of hydrogen-bond donors (Lipinski definition) is 2. The van der Waals surface area contributed by atoms with Crippen molar-refractivity contribution in [3.8, 4) is 28.5 Å². The van der Waals surface area contributed by atoms with Crippen LogP contribution < -0.4 is 10.1 Å². The van der Waals surface area contributed by atoms with E-state index < -0.39 is 12.1 Å². The van der Waals surface area contributed by atoms with Crippen LogP contribution >= 0.6 is 0 Å². The van der Waals surface area contributed by atoms with Crippen molar-refractivity contribution >= 4 is 6.47 Å². The lowest BCUT2D eigenvalue weighted by molar-refractivity contribution is -0.159. The SMILES string of the molecule is CNCCCOc1ccc(-c2cc(-c3noc(C(F)(F)F)n3)ccn2)nc1.O=CO. The quantitative estimate of drug-likeness (QED) is 0.434. The molecule has 9 nitrogen and oxygen atoms in total. The normalized spacial score (nSPS) is 10.8. The highest BCUT2D eigenvalue weighted by atomic mass is 19.4. The number of carbonyl (C=O) groups is 1. The Bertz CT molecular complexity index is 932. The zero-order valence-electron chi connectivity index (χ0n) is 15.8. The Balaban J connectivity index is 0.00000101. The van der Waals surface area contributed by atoms with Crippen LogP contribution in [0.5, 0.6) is 5.75 Å². The van der Waals surface area contributed by atoms with Crippen LogP contribution in [-0.4, -0.2) is 51.9 Å². The predicted molar refractivity (Wildman–Crippen MR) is 98.5 cm³/mol. The number of hydrogen-bond acceptors (Lipinski definition) is 8. The second-order valence-corrected chi connectivity index (χ2v) is 5.64. The molecule has 30 heavy (non-hydrogen) atoms. The molecular weight excluding hydrogens is 407 g/mol. The zero-order chi connectivity index (χ0) is 22.0. The minimum absolute atomic E-state index is 0.171. The number of carboxylic acid groups (broad SMARTS) is 1. The molecule has 0 atom stereocenters. The predicted octanol–water partition coefficient (Wildman–Crippen LogP) is 2.90. The first-order valence-corrected chi connectivity index (χ1v) is 8.58. The first kappa shape index (κ1) is 22.7. The maximum absolute atomic E-state index is 12.6. The molecule has 0 unspecified atom stereocenters. The molecule has 3 rings (SSSR count). The van der Waals surface area contributed by atoms with Crippen LogP contribution in [0, 0.1) is 0 Å². The number of aromatic nitrogens is 4. The van der Waals surface area contributed by atoms with Gasteiger partial charge in [0.2, 0.25) is 5.82 Å². The third kappa shape index (κ3) is 6.51. The molecule has 0 aliphatic heterocycles. The van der Waals surface area contributed by atoms with Crippen LogP contribution in [0.15, 0.2) is 41.2 Å². The van der Waals surface area contributed by atoms with Crippen molar-refractivity contribution in [1.82, 2.24) is 25.4 Å². The fourth-order valence-electron chi connectivity index (χ4n) is 2.22. The van der Waals surface area contributed by atoms with E-state index in [0.29, 0.717) is 29.3 Å². The standard InChI is InChI=1S/C17H16F3N5O2.CH2O2/c1-21-6-2-8-26-12-3-4-13(23-10-12)14-9-11(5-7-22-14)15-24-16(27-25-15)17(18,19)20;2-1-3/h3-5,7,9-10,21H,2,6,8H2,1H3;1H,(H,2,3). The molecule has 0 saturated heterocycles. The van der Waals surface area contributed by atoms with Gasteiger partial charge in [0.15, 0.2) is 0 Å². The van der Waals surface area contributed by atoms with Gasteiger partial charge in [-0.05, 0) is 44.3 Å². The van der Waals surface area contributed by atoms with Crippen molar-refractivity contribution in [1.29, 1.82) is 0 Å². The lowest BCUT2D eigenvalue weighted by Gasteiger charge is -2.06. The Morgan fingerprint density at radius 3 is 2.60 bits per heavy atom. The van der Waals surface area contributed by atoms with Crippen molar-refractivity contribution < 1.29 is 32.3 Å². The van der Waals surface area contributed by atoms with E-state index >= 15 is 0 Å². The molecule has 0 bridgehead atoms. The Morgan fingerprint density at radius 2 is 2.00 bits per heavy atom. The number of pyridine rings is 2. The Morgan fingerprint density at radius 1 is 1.23 bits per heavy atom. The summed E-state index contributed by atoms with van der Waals surface area (Å²) < 4.78 is 47.6. The lowest BCUT2D eigenvalue weighted by Crippen LogP contribution is -2.11. The van der Waals surface area contributed by atoms with Gasteiger partial charge in [-0.2, -0.15) is 18.2 Å². The maximum atomic E-state index is 12.6. The highest BCUT2D eigenvalue weighted by Crippen LogP contribution is 2.30. The topological polar surface area (TPSA) is 123 Å². The van der Waals surface area contributed by atoms with Crippen LogP contribution in [0.3, 0.4) is 0 Å². The number of alkyl halides is 3. The molecule has 2 N–H and O–H groups in total. The molecule has 0 aromatic carbocycles. The first-order chi connectivity index (χ1) is 14.4. The minimum atomic E-state index is -4.69. The molecule has 0 amide bonds. The molecule has 3 aromatic rings. The van der Waals surface area contributed by atoms with E-state index in [1.165, 1.54) is 12.3 Å². The van der Waals surface area contributed by atoms with E-state index in [9.17, 15) is 13.2 Å². The largest absolute Gasteiger partial charge is 0.492 e. The van der Waals surface area contributed by atoms with Gasteiger partial charge in [0.1, 0.15) is 5.75 Å². The van der Waals surface area contributed by atoms with Crippen LogP contribution in [-0.2, 0) is 11.0 Å². The van der Waals surface area contributed by atoms with Crippen LogP contribution in [0.4, 0.5) is 13.2 Å². The highest BCUT2D eigenvalue weighted by molar-refractivity contribution is 5.64. The molecule has 0 radical (unpaired) electrons. The highest BCUT2D eigenvalue weighted by Gasteiger charge is 2.38. The summed E-state index contributed by atoms with van der Waals surface area (Å²) in [7, 11) is 1.87. The first-order valence-electron chi connectivity index (χ1n) is 8.58.